The summed E-state index contributed by atoms with van der Waals surface area (Å²) in [6, 6.07) is 8.73. The fraction of sp³-hybridized carbons (Fsp3) is 0. The summed E-state index contributed by atoms with van der Waals surface area (Å²) in [4.78, 5) is 12.4. The predicted octanol–water partition coefficient (Wildman–Crippen LogP) is 0.172. The van der Waals surface area contributed by atoms with Gasteiger partial charge in [0.25, 0.3) is 0 Å². The number of anilines is 1. The number of rotatable bonds is 1. The molecule has 0 saturated carbocycles. The van der Waals surface area contributed by atoms with Crippen LogP contribution in [0.25, 0.3) is 0 Å². The lowest BCUT2D eigenvalue weighted by molar-refractivity contribution is -0.690. The minimum absolute atomic E-state index is 0.381. The molecule has 0 atom stereocenters. The molecule has 0 saturated heterocycles. The van der Waals surface area contributed by atoms with E-state index in [2.05, 4.69) is 20.7 Å². The zero-order chi connectivity index (χ0) is 9.80. The van der Waals surface area contributed by atoms with Crippen molar-refractivity contribution < 1.29 is 9.59 Å². The molecule has 0 aliphatic heterocycles. The van der Waals surface area contributed by atoms with Crippen LogP contribution >= 0.6 is 0 Å². The molecule has 0 aliphatic rings. The van der Waals surface area contributed by atoms with E-state index in [1.807, 2.05) is 18.2 Å². The topological polar surface area (TPSA) is 74.6 Å². The van der Waals surface area contributed by atoms with Crippen LogP contribution in [0.2, 0.25) is 0 Å². The Bertz CT molecular complexity index is 411. The highest BCUT2D eigenvalue weighted by Crippen LogP contribution is 2.03. The van der Waals surface area contributed by atoms with Gasteiger partial charge in [-0.15, -0.1) is 0 Å². The fourth-order valence-corrected chi connectivity index (χ4v) is 0.981. The lowest BCUT2D eigenvalue weighted by Gasteiger charge is -1.95. The van der Waals surface area contributed by atoms with Crippen molar-refractivity contribution >= 4 is 11.7 Å². The first-order valence-electron chi connectivity index (χ1n) is 4.01. The van der Waals surface area contributed by atoms with E-state index in [-0.39, 0.29) is 6.03 Å². The van der Waals surface area contributed by atoms with Crippen molar-refractivity contribution in [1.82, 2.24) is 15.4 Å². The van der Waals surface area contributed by atoms with Crippen LogP contribution in [0, 0.1) is 0 Å². The van der Waals surface area contributed by atoms with E-state index in [9.17, 15) is 4.79 Å². The standard InChI is InChI=1S/C8H7N5O/c14-8(13-10-6-9-12-13)11-7-4-2-1-3-5-7/h1-6H,(H,11,14)/p+1. The van der Waals surface area contributed by atoms with Crippen LogP contribution in [0.4, 0.5) is 10.5 Å². The van der Waals surface area contributed by atoms with E-state index in [0.717, 1.165) is 4.80 Å². The summed E-state index contributed by atoms with van der Waals surface area (Å²) in [5.41, 5.74) is 0.710. The van der Waals surface area contributed by atoms with Crippen LogP contribution in [-0.4, -0.2) is 21.4 Å². The third-order valence-electron chi connectivity index (χ3n) is 1.60. The van der Waals surface area contributed by atoms with Gasteiger partial charge in [0.05, 0.1) is 5.69 Å². The minimum atomic E-state index is -0.381. The molecule has 1 aromatic heterocycles. The van der Waals surface area contributed by atoms with E-state index in [1.54, 1.807) is 12.1 Å². The number of tetrazole rings is 1. The molecule has 70 valence electrons. The smallest absolute Gasteiger partial charge is 0.235 e. The van der Waals surface area contributed by atoms with Gasteiger partial charge in [-0.25, -0.2) is 10.1 Å². The molecule has 2 rings (SSSR count). The number of hydrogen-bond donors (Lipinski definition) is 2. The minimum Gasteiger partial charge on any atom is -0.235 e. The molecule has 14 heavy (non-hydrogen) atoms. The second kappa shape index (κ2) is 3.65. The Morgan fingerprint density at radius 3 is 2.79 bits per heavy atom. The second-order valence-corrected chi connectivity index (χ2v) is 2.57. The summed E-state index contributed by atoms with van der Waals surface area (Å²) in [6.45, 7) is 0. The molecule has 2 aromatic rings. The Labute approximate surface area is 79.5 Å². The molecule has 0 spiro atoms. The molecule has 0 radical (unpaired) electrons. The van der Waals surface area contributed by atoms with Gasteiger partial charge in [-0.05, 0) is 12.1 Å². The summed E-state index contributed by atoms with van der Waals surface area (Å²) in [5.74, 6) is 0. The normalized spacial score (nSPS) is 9.71. The number of amides is 1. The van der Waals surface area contributed by atoms with E-state index in [1.165, 1.54) is 6.33 Å². The van der Waals surface area contributed by atoms with Gasteiger partial charge in [0.2, 0.25) is 6.33 Å². The largest absolute Gasteiger partial charge is 0.483 e. The predicted molar refractivity (Wildman–Crippen MR) is 47.4 cm³/mol. The average molecular weight is 190 g/mol. The Kier molecular flexibility index (Phi) is 2.18. The maximum Gasteiger partial charge on any atom is 0.483 e. The highest BCUT2D eigenvalue weighted by atomic mass is 16.2. The zero-order valence-electron chi connectivity index (χ0n) is 7.21. The number of nitrogens with zero attached hydrogens (tertiary/aromatic N) is 3. The number of benzene rings is 1. The number of nitrogens with one attached hydrogen (secondary N) is 2. The number of carbonyl (C=O) groups is 1. The number of aromatic nitrogens is 4. The summed E-state index contributed by atoms with van der Waals surface area (Å²) in [5, 5.41) is 12.2. The average Bonchev–Trinajstić information content (AvgIpc) is 2.72. The third kappa shape index (κ3) is 1.74. The van der Waals surface area contributed by atoms with Crippen molar-refractivity contribution in [1.29, 1.82) is 0 Å². The van der Waals surface area contributed by atoms with Crippen molar-refractivity contribution in [2.45, 2.75) is 0 Å². The van der Waals surface area contributed by atoms with Gasteiger partial charge in [-0.1, -0.05) is 18.2 Å². The number of H-pyrrole nitrogens is 1. The lowest BCUT2D eigenvalue weighted by Crippen LogP contribution is -2.50. The zero-order valence-corrected chi connectivity index (χ0v) is 7.21. The van der Waals surface area contributed by atoms with E-state index >= 15 is 0 Å². The number of aromatic amines is 1. The Hall–Kier alpha value is -2.24. The lowest BCUT2D eigenvalue weighted by atomic mass is 10.3. The van der Waals surface area contributed by atoms with Gasteiger partial charge < -0.3 is 0 Å². The quantitative estimate of drug-likeness (QED) is 0.629. The van der Waals surface area contributed by atoms with Gasteiger partial charge >= 0.3 is 6.03 Å². The first-order chi connectivity index (χ1) is 6.86. The van der Waals surface area contributed by atoms with Gasteiger partial charge in [0, 0.05) is 9.90 Å². The molecule has 0 fully saturated rings. The number of carbonyl (C=O) groups excluding carboxylic acids is 1. The molecule has 0 unspecified atom stereocenters. The molecule has 6 heteroatoms. The van der Waals surface area contributed by atoms with Crippen molar-refractivity contribution in [3.63, 3.8) is 0 Å². The Balaban J connectivity index is 2.10. The van der Waals surface area contributed by atoms with Gasteiger partial charge in [0.15, 0.2) is 0 Å². The van der Waals surface area contributed by atoms with E-state index in [0.29, 0.717) is 5.69 Å². The Morgan fingerprint density at radius 2 is 2.14 bits per heavy atom. The third-order valence-corrected chi connectivity index (χ3v) is 1.60. The van der Waals surface area contributed by atoms with Crippen LogP contribution in [0.5, 0.6) is 0 Å². The molecule has 0 aliphatic carbocycles. The van der Waals surface area contributed by atoms with Gasteiger partial charge in [-0.3, -0.25) is 0 Å². The summed E-state index contributed by atoms with van der Waals surface area (Å²) < 4.78 is 0. The molecule has 1 aromatic carbocycles. The van der Waals surface area contributed by atoms with Crippen molar-refractivity contribution in [2.24, 2.45) is 0 Å². The second-order valence-electron chi connectivity index (χ2n) is 2.57. The summed E-state index contributed by atoms with van der Waals surface area (Å²) in [6.07, 6.45) is 1.32. The monoisotopic (exact) mass is 190 g/mol. The maximum absolute atomic E-state index is 11.4. The summed E-state index contributed by atoms with van der Waals surface area (Å²) in [7, 11) is 0. The molecule has 0 bridgehead atoms. The maximum atomic E-state index is 11.4. The molecule has 1 amide bonds. The Morgan fingerprint density at radius 1 is 1.36 bits per heavy atom. The van der Waals surface area contributed by atoms with Crippen LogP contribution in [-0.2, 0) is 0 Å². The summed E-state index contributed by atoms with van der Waals surface area (Å²) >= 11 is 0. The van der Waals surface area contributed by atoms with Crippen molar-refractivity contribution in [3.8, 4) is 0 Å². The highest BCUT2D eigenvalue weighted by Gasteiger charge is 2.13. The van der Waals surface area contributed by atoms with Gasteiger partial charge in [-0.2, -0.15) is 5.10 Å². The van der Waals surface area contributed by atoms with Crippen LogP contribution in [0.1, 0.15) is 0 Å². The molecule has 1 heterocycles. The first-order valence-corrected chi connectivity index (χ1v) is 4.01. The van der Waals surface area contributed by atoms with Crippen molar-refractivity contribution in [2.75, 3.05) is 5.32 Å². The molecule has 6 nitrogen and oxygen atoms in total. The van der Waals surface area contributed by atoms with Gasteiger partial charge in [0.1, 0.15) is 5.21 Å². The van der Waals surface area contributed by atoms with Crippen LogP contribution < -0.4 is 10.1 Å². The first kappa shape index (κ1) is 8.36. The van der Waals surface area contributed by atoms with E-state index in [4.69, 9.17) is 0 Å². The SMILES string of the molecule is O=C(Nc1ccccc1)[n+]1nnc[nH]1. The van der Waals surface area contributed by atoms with E-state index < -0.39 is 0 Å². The highest BCUT2D eigenvalue weighted by molar-refractivity contribution is 5.81. The van der Waals surface area contributed by atoms with Crippen LogP contribution in [0.15, 0.2) is 36.7 Å². The fourth-order valence-electron chi connectivity index (χ4n) is 0.981. The van der Waals surface area contributed by atoms with Crippen LogP contribution in [0.3, 0.4) is 0 Å². The van der Waals surface area contributed by atoms with Crippen molar-refractivity contribution in [3.05, 3.63) is 36.7 Å². The molecular formula is C8H8N5O+. The molecular weight excluding hydrogens is 182 g/mol. The number of hydrogen-bond acceptors (Lipinski definition) is 3. The molecule has 2 N–H and O–H groups in total. The number of para-hydroxylation sites is 1.